The fourth-order valence-electron chi connectivity index (χ4n) is 4.39. The van der Waals surface area contributed by atoms with Crippen molar-refractivity contribution in [3.63, 3.8) is 0 Å². The normalized spacial score (nSPS) is 26.3. The van der Waals surface area contributed by atoms with Crippen LogP contribution < -0.4 is 4.90 Å². The second-order valence-corrected chi connectivity index (χ2v) is 7.29. The van der Waals surface area contributed by atoms with Crippen LogP contribution in [0.3, 0.4) is 0 Å². The Balaban J connectivity index is 1.56. The van der Waals surface area contributed by atoms with Gasteiger partial charge in [-0.05, 0) is 30.5 Å². The van der Waals surface area contributed by atoms with Crippen molar-refractivity contribution in [2.75, 3.05) is 31.1 Å². The first-order valence-electron chi connectivity index (χ1n) is 9.04. The second-order valence-electron chi connectivity index (χ2n) is 7.29. The highest BCUT2D eigenvalue weighted by molar-refractivity contribution is 5.76. The minimum Gasteiger partial charge on any atom is -0.481 e. The molecule has 0 spiro atoms. The van der Waals surface area contributed by atoms with Crippen LogP contribution >= 0.6 is 0 Å². The summed E-state index contributed by atoms with van der Waals surface area (Å²) in [6.07, 6.45) is 8.61. The van der Waals surface area contributed by atoms with Crippen molar-refractivity contribution >= 4 is 11.9 Å². The summed E-state index contributed by atoms with van der Waals surface area (Å²) in [5, 5.41) is 10.1. The van der Waals surface area contributed by atoms with Crippen LogP contribution in [-0.2, 0) is 11.3 Å². The summed E-state index contributed by atoms with van der Waals surface area (Å²) in [4.78, 5) is 29.5. The van der Waals surface area contributed by atoms with E-state index in [9.17, 15) is 9.90 Å². The predicted molar refractivity (Wildman–Crippen MR) is 96.6 cm³/mol. The maximum absolute atomic E-state index is 12.3. The lowest BCUT2D eigenvalue weighted by atomic mass is 9.75. The maximum Gasteiger partial charge on any atom is 0.311 e. The Morgan fingerprint density at radius 2 is 2.08 bits per heavy atom. The van der Waals surface area contributed by atoms with E-state index in [1.807, 2.05) is 18.3 Å². The van der Waals surface area contributed by atoms with Crippen LogP contribution in [0, 0.1) is 11.3 Å². The molecule has 0 radical (unpaired) electrons. The summed E-state index contributed by atoms with van der Waals surface area (Å²) >= 11 is 0. The molecule has 1 N–H and O–H groups in total. The molecule has 0 amide bonds. The fraction of sp³-hybridized carbons (Fsp3) is 0.474. The Labute approximate surface area is 152 Å². The van der Waals surface area contributed by atoms with Gasteiger partial charge in [0.15, 0.2) is 0 Å². The summed E-state index contributed by atoms with van der Waals surface area (Å²) in [7, 11) is 0. The molecule has 0 aromatic carbocycles. The Kier molecular flexibility index (Phi) is 4.55. The van der Waals surface area contributed by atoms with Crippen molar-refractivity contribution in [3.8, 4) is 0 Å². The largest absolute Gasteiger partial charge is 0.481 e. The minimum absolute atomic E-state index is 0.0583. The van der Waals surface area contributed by atoms with E-state index in [-0.39, 0.29) is 5.92 Å². The molecule has 2 aliphatic rings. The van der Waals surface area contributed by atoms with E-state index >= 15 is 0 Å². The van der Waals surface area contributed by atoms with Gasteiger partial charge in [0.05, 0.1) is 5.41 Å². The molecule has 4 rings (SSSR count). The number of anilines is 1. The van der Waals surface area contributed by atoms with E-state index < -0.39 is 11.4 Å². The third kappa shape index (κ3) is 3.14. The van der Waals surface area contributed by atoms with Gasteiger partial charge in [0.1, 0.15) is 0 Å². The lowest BCUT2D eigenvalue weighted by Crippen LogP contribution is -2.41. The number of nitrogens with zero attached hydrogens (tertiary/aromatic N) is 5. The van der Waals surface area contributed by atoms with Gasteiger partial charge < -0.3 is 10.0 Å². The smallest absolute Gasteiger partial charge is 0.311 e. The predicted octanol–water partition coefficient (Wildman–Crippen LogP) is 1.67. The van der Waals surface area contributed by atoms with Crippen molar-refractivity contribution in [2.24, 2.45) is 11.3 Å². The van der Waals surface area contributed by atoms with Crippen molar-refractivity contribution in [1.82, 2.24) is 19.9 Å². The lowest BCUT2D eigenvalue weighted by molar-refractivity contribution is -0.150. The number of pyridine rings is 1. The van der Waals surface area contributed by atoms with E-state index in [4.69, 9.17) is 0 Å². The standard InChI is InChI=1S/C19H23N5O2/c25-17(26)19-5-2-9-24(18-21-7-3-8-22-18)13-16(19)12-23(14-19)11-15-4-1-6-20-10-15/h1,3-4,6-8,10,16H,2,5,9,11-14H2,(H,25,26)/t16-,19+/m1/s1. The van der Waals surface area contributed by atoms with Crippen LogP contribution in [0.25, 0.3) is 0 Å². The number of aliphatic carboxylic acids is 1. The molecular formula is C19H23N5O2. The molecule has 0 bridgehead atoms. The zero-order valence-electron chi connectivity index (χ0n) is 14.7. The number of carbonyl (C=O) groups is 1. The van der Waals surface area contributed by atoms with Gasteiger partial charge in [-0.3, -0.25) is 14.7 Å². The monoisotopic (exact) mass is 353 g/mol. The summed E-state index contributed by atoms with van der Waals surface area (Å²) < 4.78 is 0. The van der Waals surface area contributed by atoms with Crippen LogP contribution in [0.1, 0.15) is 18.4 Å². The first-order valence-corrected chi connectivity index (χ1v) is 9.04. The van der Waals surface area contributed by atoms with Gasteiger partial charge in [-0.1, -0.05) is 6.07 Å². The van der Waals surface area contributed by atoms with Crippen LogP contribution in [-0.4, -0.2) is 57.1 Å². The van der Waals surface area contributed by atoms with E-state index in [0.717, 1.165) is 31.6 Å². The third-order valence-corrected chi connectivity index (χ3v) is 5.65. The Morgan fingerprint density at radius 3 is 2.81 bits per heavy atom. The topological polar surface area (TPSA) is 82.4 Å². The molecule has 0 saturated carbocycles. The Hall–Kier alpha value is -2.54. The quantitative estimate of drug-likeness (QED) is 0.895. The first-order chi connectivity index (χ1) is 12.7. The molecule has 26 heavy (non-hydrogen) atoms. The molecule has 0 unspecified atom stereocenters. The van der Waals surface area contributed by atoms with Crippen LogP contribution in [0.2, 0.25) is 0 Å². The molecule has 2 aromatic rings. The Morgan fingerprint density at radius 1 is 1.23 bits per heavy atom. The number of likely N-dealkylation sites (tertiary alicyclic amines) is 1. The number of rotatable bonds is 4. The molecule has 2 aliphatic heterocycles. The second kappa shape index (κ2) is 6.99. The number of hydrogen-bond acceptors (Lipinski definition) is 6. The highest BCUT2D eigenvalue weighted by atomic mass is 16.4. The number of carboxylic acid groups (broad SMARTS) is 1. The fourth-order valence-corrected chi connectivity index (χ4v) is 4.39. The van der Waals surface area contributed by atoms with Gasteiger partial charge >= 0.3 is 5.97 Å². The average Bonchev–Trinajstić information content (AvgIpc) is 2.90. The van der Waals surface area contributed by atoms with Gasteiger partial charge in [0.25, 0.3) is 0 Å². The van der Waals surface area contributed by atoms with Crippen molar-refractivity contribution in [3.05, 3.63) is 48.5 Å². The molecular weight excluding hydrogens is 330 g/mol. The highest BCUT2D eigenvalue weighted by Gasteiger charge is 2.53. The van der Waals surface area contributed by atoms with Gasteiger partial charge in [-0.2, -0.15) is 0 Å². The lowest BCUT2D eigenvalue weighted by Gasteiger charge is -2.29. The molecule has 2 fully saturated rings. The van der Waals surface area contributed by atoms with Gasteiger partial charge in [0.2, 0.25) is 5.95 Å². The van der Waals surface area contributed by atoms with E-state index in [2.05, 4.69) is 24.8 Å². The van der Waals surface area contributed by atoms with E-state index in [0.29, 0.717) is 25.5 Å². The molecule has 4 heterocycles. The molecule has 2 saturated heterocycles. The van der Waals surface area contributed by atoms with E-state index in [1.165, 1.54) is 0 Å². The number of fused-ring (bicyclic) bond motifs is 1. The van der Waals surface area contributed by atoms with Gasteiger partial charge in [-0.25, -0.2) is 9.97 Å². The number of carboxylic acids is 1. The first kappa shape index (κ1) is 16.9. The zero-order valence-corrected chi connectivity index (χ0v) is 14.7. The summed E-state index contributed by atoms with van der Waals surface area (Å²) in [5.74, 6) is 0.0781. The summed E-state index contributed by atoms with van der Waals surface area (Å²) in [6, 6.07) is 5.76. The zero-order chi connectivity index (χ0) is 18.0. The third-order valence-electron chi connectivity index (χ3n) is 5.65. The van der Waals surface area contributed by atoms with E-state index in [1.54, 1.807) is 24.7 Å². The van der Waals surface area contributed by atoms with Gasteiger partial charge in [-0.15, -0.1) is 0 Å². The summed E-state index contributed by atoms with van der Waals surface area (Å²) in [6.45, 7) is 3.58. The average molecular weight is 353 g/mol. The molecule has 0 aliphatic carbocycles. The molecule has 136 valence electrons. The molecule has 7 heteroatoms. The molecule has 2 aromatic heterocycles. The van der Waals surface area contributed by atoms with Crippen molar-refractivity contribution < 1.29 is 9.90 Å². The van der Waals surface area contributed by atoms with Crippen LogP contribution in [0.15, 0.2) is 43.0 Å². The highest BCUT2D eigenvalue weighted by Crippen LogP contribution is 2.43. The number of hydrogen-bond donors (Lipinski definition) is 1. The van der Waals surface area contributed by atoms with Crippen LogP contribution in [0.5, 0.6) is 0 Å². The SMILES string of the molecule is O=C(O)[C@]12CCCN(c3ncccn3)C[C@H]1CN(Cc1cccnc1)C2. The summed E-state index contributed by atoms with van der Waals surface area (Å²) in [5.41, 5.74) is 0.430. The van der Waals surface area contributed by atoms with Gasteiger partial charge in [0, 0.05) is 63.4 Å². The van der Waals surface area contributed by atoms with Crippen molar-refractivity contribution in [1.29, 1.82) is 0 Å². The maximum atomic E-state index is 12.3. The molecule has 2 atom stereocenters. The molecule has 7 nitrogen and oxygen atoms in total. The van der Waals surface area contributed by atoms with Crippen molar-refractivity contribution in [2.45, 2.75) is 19.4 Å². The van der Waals surface area contributed by atoms with Crippen LogP contribution in [0.4, 0.5) is 5.95 Å². The Bertz CT molecular complexity index is 757. The number of aromatic nitrogens is 3. The minimum atomic E-state index is -0.689.